The predicted molar refractivity (Wildman–Crippen MR) is 60.5 cm³/mol. The molecular weight excluding hydrogens is 329 g/mol. The van der Waals surface area contributed by atoms with Crippen LogP contribution in [-0.2, 0) is 24.1 Å². The number of nitrogens with zero attached hydrogens (tertiary/aromatic N) is 1. The Labute approximate surface area is 119 Å². The van der Waals surface area contributed by atoms with Crippen molar-refractivity contribution in [3.8, 4) is 0 Å². The summed E-state index contributed by atoms with van der Waals surface area (Å²) in [6, 6.07) is 0. The Balaban J connectivity index is 2.73. The zero-order valence-electron chi connectivity index (χ0n) is 10.6. The summed E-state index contributed by atoms with van der Waals surface area (Å²) in [5.41, 5.74) is -1.14. The minimum atomic E-state index is -4.69. The Hall–Kier alpha value is -0.940. The van der Waals surface area contributed by atoms with Gasteiger partial charge in [0, 0.05) is 6.54 Å². The molecule has 0 fully saturated rings. The van der Waals surface area contributed by atoms with Crippen LogP contribution in [0.15, 0.2) is 0 Å². The van der Waals surface area contributed by atoms with Gasteiger partial charge in [0.25, 0.3) is 0 Å². The topological polar surface area (TPSA) is 34.1 Å². The highest BCUT2D eigenvalue weighted by Gasteiger charge is 2.41. The Morgan fingerprint density at radius 3 is 2.33 bits per heavy atom. The van der Waals surface area contributed by atoms with Crippen LogP contribution < -0.4 is 5.32 Å². The van der Waals surface area contributed by atoms with Crippen LogP contribution in [0.1, 0.15) is 15.6 Å². The summed E-state index contributed by atoms with van der Waals surface area (Å²) in [4.78, 5) is 3.13. The Bertz CT molecular complexity index is 461. The lowest BCUT2D eigenvalue weighted by Gasteiger charge is -2.14. The molecule has 0 amide bonds. The zero-order valence-corrected chi connectivity index (χ0v) is 11.4. The van der Waals surface area contributed by atoms with Crippen molar-refractivity contribution < 1.29 is 35.5 Å². The van der Waals surface area contributed by atoms with Crippen molar-refractivity contribution in [3.63, 3.8) is 0 Å². The lowest BCUT2D eigenvalue weighted by atomic mass is 10.3. The molecule has 0 aliphatic heterocycles. The molecule has 0 saturated heterocycles. The zero-order chi connectivity index (χ0) is 16.3. The molecule has 3 nitrogen and oxygen atoms in total. The van der Waals surface area contributed by atoms with E-state index in [1.165, 1.54) is 7.05 Å². The second kappa shape index (κ2) is 6.88. The van der Waals surface area contributed by atoms with Crippen LogP contribution in [0, 0.1) is 0 Å². The normalized spacial score (nSPS) is 13.2. The van der Waals surface area contributed by atoms with Gasteiger partial charge >= 0.3 is 18.5 Å². The van der Waals surface area contributed by atoms with E-state index in [4.69, 9.17) is 0 Å². The van der Waals surface area contributed by atoms with E-state index >= 15 is 0 Å². The number of thiazole rings is 1. The van der Waals surface area contributed by atoms with Gasteiger partial charge in [-0.1, -0.05) is 0 Å². The van der Waals surface area contributed by atoms with Crippen molar-refractivity contribution in [1.82, 2.24) is 10.3 Å². The lowest BCUT2D eigenvalue weighted by molar-refractivity contribution is -0.168. The van der Waals surface area contributed by atoms with Crippen molar-refractivity contribution >= 4 is 11.3 Å². The van der Waals surface area contributed by atoms with Crippen LogP contribution in [0.5, 0.6) is 0 Å². The number of aromatic nitrogens is 1. The van der Waals surface area contributed by atoms with E-state index in [-0.39, 0.29) is 16.4 Å². The maximum Gasteiger partial charge on any atom is 0.434 e. The summed E-state index contributed by atoms with van der Waals surface area (Å²) in [6.07, 6.45) is -8.59. The minimum absolute atomic E-state index is 0.111. The number of hydrogen-bond acceptors (Lipinski definition) is 4. The molecule has 0 radical (unpaired) electrons. The summed E-state index contributed by atoms with van der Waals surface area (Å²) < 4.78 is 91.2. The monoisotopic (exact) mass is 340 g/mol. The van der Waals surface area contributed by atoms with Crippen LogP contribution in [0.25, 0.3) is 0 Å². The third-order valence-corrected chi connectivity index (χ3v) is 3.22. The average Bonchev–Trinajstić information content (AvgIpc) is 2.72. The molecule has 1 N–H and O–H groups in total. The molecular formula is C10H11F7N2OS. The Morgan fingerprint density at radius 1 is 1.24 bits per heavy atom. The number of halogens is 7. The number of ether oxygens (including phenoxy) is 1. The third-order valence-electron chi connectivity index (χ3n) is 2.19. The molecule has 1 aromatic rings. The maximum absolute atomic E-state index is 12.7. The van der Waals surface area contributed by atoms with Gasteiger partial charge in [-0.15, -0.1) is 11.3 Å². The fraction of sp³-hybridized carbons (Fsp3) is 0.700. The largest absolute Gasteiger partial charge is 0.434 e. The van der Waals surface area contributed by atoms with Crippen LogP contribution >= 0.6 is 11.3 Å². The smallest absolute Gasteiger partial charge is 0.368 e. The molecule has 11 heteroatoms. The summed E-state index contributed by atoms with van der Waals surface area (Å²) in [5.74, 6) is -4.35. The van der Waals surface area contributed by atoms with Crippen LogP contribution in [0.4, 0.5) is 30.7 Å². The van der Waals surface area contributed by atoms with Gasteiger partial charge < -0.3 is 10.1 Å². The summed E-state index contributed by atoms with van der Waals surface area (Å²) in [5, 5.41) is 2.31. The average molecular weight is 340 g/mol. The molecule has 0 spiro atoms. The van der Waals surface area contributed by atoms with Crippen molar-refractivity contribution in [3.05, 3.63) is 15.6 Å². The van der Waals surface area contributed by atoms with Gasteiger partial charge in [0.15, 0.2) is 5.69 Å². The number of rotatable bonds is 7. The lowest BCUT2D eigenvalue weighted by Crippen LogP contribution is -2.32. The van der Waals surface area contributed by atoms with Gasteiger partial charge in [0.05, 0.1) is 11.5 Å². The first-order valence-corrected chi connectivity index (χ1v) is 6.33. The molecule has 21 heavy (non-hydrogen) atoms. The molecule has 0 unspecified atom stereocenters. The molecule has 0 aliphatic carbocycles. The van der Waals surface area contributed by atoms with Gasteiger partial charge in [-0.3, -0.25) is 0 Å². The fourth-order valence-electron chi connectivity index (χ4n) is 1.30. The van der Waals surface area contributed by atoms with Gasteiger partial charge in [0.1, 0.15) is 11.6 Å². The third kappa shape index (κ3) is 5.08. The van der Waals surface area contributed by atoms with Gasteiger partial charge in [-0.05, 0) is 7.05 Å². The first-order chi connectivity index (χ1) is 9.58. The highest BCUT2D eigenvalue weighted by molar-refractivity contribution is 7.11. The van der Waals surface area contributed by atoms with Crippen molar-refractivity contribution in [1.29, 1.82) is 0 Å². The van der Waals surface area contributed by atoms with Crippen LogP contribution in [0.3, 0.4) is 0 Å². The molecule has 0 aliphatic rings. The van der Waals surface area contributed by atoms with E-state index < -0.39 is 37.4 Å². The molecule has 1 aromatic heterocycles. The highest BCUT2D eigenvalue weighted by atomic mass is 32.1. The van der Waals surface area contributed by atoms with Crippen LogP contribution in [-0.4, -0.2) is 31.0 Å². The first kappa shape index (κ1) is 18.1. The van der Waals surface area contributed by atoms with E-state index in [9.17, 15) is 30.7 Å². The van der Waals surface area contributed by atoms with E-state index in [2.05, 4.69) is 15.0 Å². The molecule has 0 bridgehead atoms. The SMILES string of the molecule is CNCc1sc(COCC(F)(F)C(F)F)nc1C(F)(F)F. The fourth-order valence-corrected chi connectivity index (χ4v) is 2.34. The highest BCUT2D eigenvalue weighted by Crippen LogP contribution is 2.34. The Kier molecular flexibility index (Phi) is 5.93. The number of alkyl halides is 7. The van der Waals surface area contributed by atoms with E-state index in [0.29, 0.717) is 11.3 Å². The van der Waals surface area contributed by atoms with Gasteiger partial charge in [-0.25, -0.2) is 13.8 Å². The minimum Gasteiger partial charge on any atom is -0.368 e. The standard InChI is InChI=1S/C10H11F7N2OS/c1-18-2-5-7(10(15,16)17)19-6(21-5)3-20-4-9(13,14)8(11)12/h8,18H,2-4H2,1H3. The molecule has 0 aromatic carbocycles. The van der Waals surface area contributed by atoms with E-state index in [1.54, 1.807) is 0 Å². The van der Waals surface area contributed by atoms with Crippen LogP contribution in [0.2, 0.25) is 0 Å². The van der Waals surface area contributed by atoms with E-state index in [0.717, 1.165) is 0 Å². The number of hydrogen-bond donors (Lipinski definition) is 1. The first-order valence-electron chi connectivity index (χ1n) is 5.52. The Morgan fingerprint density at radius 2 is 1.86 bits per heavy atom. The van der Waals surface area contributed by atoms with Gasteiger partial charge in [0.2, 0.25) is 0 Å². The summed E-state index contributed by atoms with van der Waals surface area (Å²) >= 11 is 0.619. The summed E-state index contributed by atoms with van der Waals surface area (Å²) in [7, 11) is 1.43. The second-order valence-electron chi connectivity index (χ2n) is 3.96. The molecule has 122 valence electrons. The molecule has 1 heterocycles. The molecule has 1 rings (SSSR count). The predicted octanol–water partition coefficient (Wildman–Crippen LogP) is 3.30. The van der Waals surface area contributed by atoms with Crippen molar-refractivity contribution in [2.45, 2.75) is 31.7 Å². The van der Waals surface area contributed by atoms with Gasteiger partial charge in [-0.2, -0.15) is 22.0 Å². The quantitative estimate of drug-likeness (QED) is 0.774. The second-order valence-corrected chi connectivity index (χ2v) is 5.13. The molecule has 0 saturated carbocycles. The summed E-state index contributed by atoms with van der Waals surface area (Å²) in [6.45, 7) is -2.40. The van der Waals surface area contributed by atoms with E-state index in [1.807, 2.05) is 0 Å². The molecule has 0 atom stereocenters. The number of nitrogens with one attached hydrogen (secondary N) is 1. The van der Waals surface area contributed by atoms with Crippen molar-refractivity contribution in [2.24, 2.45) is 0 Å². The maximum atomic E-state index is 12.7. The van der Waals surface area contributed by atoms with Crippen molar-refractivity contribution in [2.75, 3.05) is 13.7 Å².